The minimum atomic E-state index is 0.868. The third-order valence-corrected chi connectivity index (χ3v) is 3.40. The topological polar surface area (TPSA) is 0 Å². The summed E-state index contributed by atoms with van der Waals surface area (Å²) < 4.78 is 0. The third-order valence-electron chi connectivity index (χ3n) is 3.40. The zero-order chi connectivity index (χ0) is 14.8. The van der Waals surface area contributed by atoms with Crippen molar-refractivity contribution in [1.29, 1.82) is 0 Å². The number of rotatable bonds is 11. The Bertz CT molecular complexity index is 178. The monoisotopic (exact) mass is 266 g/mol. The molecule has 0 aromatic heterocycles. The molecule has 0 bridgehead atoms. The average molecular weight is 267 g/mol. The maximum Gasteiger partial charge on any atom is -0.0325 e. The van der Waals surface area contributed by atoms with Gasteiger partial charge in [-0.1, -0.05) is 84.4 Å². The van der Waals surface area contributed by atoms with Gasteiger partial charge in [-0.2, -0.15) is 0 Å². The molecule has 0 aromatic rings. The van der Waals surface area contributed by atoms with Crippen LogP contribution in [-0.4, -0.2) is 0 Å². The fourth-order valence-electron chi connectivity index (χ4n) is 1.73. The normalized spacial score (nSPS) is 12.0. The summed E-state index contributed by atoms with van der Waals surface area (Å²) in [4.78, 5) is 0. The molecule has 0 saturated carbocycles. The van der Waals surface area contributed by atoms with E-state index in [0.717, 1.165) is 5.92 Å². The van der Waals surface area contributed by atoms with Gasteiger partial charge in [-0.05, 0) is 31.6 Å². The SMILES string of the molecule is C=CCCCCCCCC.CCC=CCC(C)CC. The highest BCUT2D eigenvalue weighted by molar-refractivity contribution is 4.81. The zero-order valence-electron chi connectivity index (χ0n) is 14.1. The molecule has 0 aliphatic carbocycles. The van der Waals surface area contributed by atoms with Crippen LogP contribution in [0.5, 0.6) is 0 Å². The van der Waals surface area contributed by atoms with E-state index in [0.29, 0.717) is 0 Å². The van der Waals surface area contributed by atoms with Crippen LogP contribution in [0.2, 0.25) is 0 Å². The summed E-state index contributed by atoms with van der Waals surface area (Å²) in [5.41, 5.74) is 0. The van der Waals surface area contributed by atoms with E-state index in [1.54, 1.807) is 0 Å². The van der Waals surface area contributed by atoms with Crippen molar-refractivity contribution in [3.63, 3.8) is 0 Å². The molecule has 0 nitrogen and oxygen atoms in total. The van der Waals surface area contributed by atoms with Crippen molar-refractivity contribution in [1.82, 2.24) is 0 Å². The number of hydrogen-bond donors (Lipinski definition) is 0. The number of allylic oxidation sites excluding steroid dienone is 3. The molecule has 0 amide bonds. The van der Waals surface area contributed by atoms with Gasteiger partial charge in [0.15, 0.2) is 0 Å². The van der Waals surface area contributed by atoms with E-state index in [9.17, 15) is 0 Å². The van der Waals surface area contributed by atoms with E-state index in [-0.39, 0.29) is 0 Å². The first kappa shape index (κ1) is 20.8. The Labute approximate surface area is 123 Å². The fraction of sp³-hybridized carbons (Fsp3) is 0.789. The molecule has 0 radical (unpaired) electrons. The summed E-state index contributed by atoms with van der Waals surface area (Å²) in [7, 11) is 0. The minimum absolute atomic E-state index is 0.868. The summed E-state index contributed by atoms with van der Waals surface area (Å²) in [6.07, 6.45) is 19.8. The molecule has 0 N–H and O–H groups in total. The van der Waals surface area contributed by atoms with E-state index in [1.165, 1.54) is 64.2 Å². The smallest absolute Gasteiger partial charge is 0.0325 e. The Morgan fingerprint density at radius 3 is 2.05 bits per heavy atom. The van der Waals surface area contributed by atoms with Crippen molar-refractivity contribution in [2.75, 3.05) is 0 Å². The Morgan fingerprint density at radius 1 is 0.895 bits per heavy atom. The van der Waals surface area contributed by atoms with Gasteiger partial charge in [0.05, 0.1) is 0 Å². The molecule has 0 aromatic carbocycles. The Kier molecular flexibility index (Phi) is 21.7. The van der Waals surface area contributed by atoms with Crippen molar-refractivity contribution in [2.24, 2.45) is 5.92 Å². The molecule has 0 aliphatic heterocycles. The van der Waals surface area contributed by atoms with Gasteiger partial charge in [-0.25, -0.2) is 0 Å². The van der Waals surface area contributed by atoms with Crippen LogP contribution in [0.3, 0.4) is 0 Å². The third kappa shape index (κ3) is 23.1. The van der Waals surface area contributed by atoms with E-state index >= 15 is 0 Å². The van der Waals surface area contributed by atoms with Crippen molar-refractivity contribution < 1.29 is 0 Å². The summed E-state index contributed by atoms with van der Waals surface area (Å²) >= 11 is 0. The molecule has 0 rings (SSSR count). The van der Waals surface area contributed by atoms with Gasteiger partial charge in [0.2, 0.25) is 0 Å². The minimum Gasteiger partial charge on any atom is -0.103 e. The van der Waals surface area contributed by atoms with Gasteiger partial charge in [-0.15, -0.1) is 6.58 Å². The molecule has 0 heteroatoms. The first-order valence-corrected chi connectivity index (χ1v) is 8.48. The fourth-order valence-corrected chi connectivity index (χ4v) is 1.73. The molecule has 19 heavy (non-hydrogen) atoms. The summed E-state index contributed by atoms with van der Waals surface area (Å²) in [5.74, 6) is 0.868. The molecule has 0 spiro atoms. The molecule has 0 aliphatic rings. The Morgan fingerprint density at radius 2 is 1.53 bits per heavy atom. The summed E-state index contributed by atoms with van der Waals surface area (Å²) in [6.45, 7) is 12.7. The Hall–Kier alpha value is -0.520. The lowest BCUT2D eigenvalue weighted by atomic mass is 10.1. The average Bonchev–Trinajstić information content (AvgIpc) is 2.43. The second-order valence-electron chi connectivity index (χ2n) is 5.47. The predicted octanol–water partition coefficient (Wildman–Crippen LogP) is 7.31. The number of hydrogen-bond acceptors (Lipinski definition) is 0. The van der Waals surface area contributed by atoms with E-state index in [4.69, 9.17) is 0 Å². The van der Waals surface area contributed by atoms with Crippen molar-refractivity contribution in [3.05, 3.63) is 24.8 Å². The summed E-state index contributed by atoms with van der Waals surface area (Å²) in [6, 6.07) is 0. The number of unbranched alkanes of at least 4 members (excludes halogenated alkanes) is 6. The van der Waals surface area contributed by atoms with Crippen molar-refractivity contribution in [2.45, 2.75) is 91.9 Å². The van der Waals surface area contributed by atoms with E-state index < -0.39 is 0 Å². The molecule has 1 atom stereocenters. The molecule has 0 saturated heterocycles. The van der Waals surface area contributed by atoms with Gasteiger partial charge in [-0.3, -0.25) is 0 Å². The molecule has 0 fully saturated rings. The molecular formula is C19H38. The van der Waals surface area contributed by atoms with E-state index in [2.05, 4.69) is 46.4 Å². The second kappa shape index (κ2) is 19.8. The first-order chi connectivity index (χ1) is 9.22. The highest BCUT2D eigenvalue weighted by Crippen LogP contribution is 2.07. The van der Waals surface area contributed by atoms with Crippen molar-refractivity contribution >= 4 is 0 Å². The van der Waals surface area contributed by atoms with Crippen LogP contribution >= 0.6 is 0 Å². The lowest BCUT2D eigenvalue weighted by Crippen LogP contribution is -1.87. The van der Waals surface area contributed by atoms with Crippen LogP contribution < -0.4 is 0 Å². The van der Waals surface area contributed by atoms with Gasteiger partial charge in [0.1, 0.15) is 0 Å². The lowest BCUT2D eigenvalue weighted by Gasteiger charge is -2.01. The standard InChI is InChI=1S/C10H20.C9H18/c1-3-5-7-9-10-8-6-4-2;1-4-6-7-8-9(3)5-2/h3H,1,4-10H2,2H3;6-7,9H,4-5,8H2,1-3H3. The lowest BCUT2D eigenvalue weighted by molar-refractivity contribution is 0.571. The van der Waals surface area contributed by atoms with Crippen LogP contribution in [0.1, 0.15) is 91.9 Å². The van der Waals surface area contributed by atoms with Gasteiger partial charge < -0.3 is 0 Å². The Balaban J connectivity index is 0. The van der Waals surface area contributed by atoms with Crippen LogP contribution in [0.25, 0.3) is 0 Å². The maximum absolute atomic E-state index is 3.69. The maximum atomic E-state index is 3.69. The van der Waals surface area contributed by atoms with Crippen molar-refractivity contribution in [3.8, 4) is 0 Å². The quantitative estimate of drug-likeness (QED) is 0.271. The predicted molar refractivity (Wildman–Crippen MR) is 91.7 cm³/mol. The van der Waals surface area contributed by atoms with Crippen LogP contribution in [0.15, 0.2) is 24.8 Å². The zero-order valence-corrected chi connectivity index (χ0v) is 14.1. The molecular weight excluding hydrogens is 228 g/mol. The molecule has 1 unspecified atom stereocenters. The van der Waals surface area contributed by atoms with Crippen LogP contribution in [-0.2, 0) is 0 Å². The summed E-state index contributed by atoms with van der Waals surface area (Å²) in [5, 5.41) is 0. The van der Waals surface area contributed by atoms with Gasteiger partial charge in [0.25, 0.3) is 0 Å². The second-order valence-corrected chi connectivity index (χ2v) is 5.47. The van der Waals surface area contributed by atoms with Crippen LogP contribution in [0.4, 0.5) is 0 Å². The highest BCUT2D eigenvalue weighted by Gasteiger charge is 1.91. The van der Waals surface area contributed by atoms with E-state index in [1.807, 2.05) is 6.08 Å². The highest BCUT2D eigenvalue weighted by atomic mass is 14.0. The molecule has 0 heterocycles. The van der Waals surface area contributed by atoms with Gasteiger partial charge in [0, 0.05) is 0 Å². The molecule has 114 valence electrons. The largest absolute Gasteiger partial charge is 0.103 e. The van der Waals surface area contributed by atoms with Gasteiger partial charge >= 0.3 is 0 Å². The first-order valence-electron chi connectivity index (χ1n) is 8.48. The van der Waals surface area contributed by atoms with Crippen LogP contribution in [0, 0.1) is 5.92 Å².